The summed E-state index contributed by atoms with van der Waals surface area (Å²) in [6, 6.07) is 25.0. The molecular weight excluding hydrogens is 441 g/mol. The van der Waals surface area contributed by atoms with Crippen LogP contribution >= 0.6 is 23.2 Å². The molecule has 1 amide bonds. The molecule has 3 aromatic carbocycles. The Morgan fingerprint density at radius 3 is 2.44 bits per heavy atom. The summed E-state index contributed by atoms with van der Waals surface area (Å²) in [5, 5.41) is 8.86. The third kappa shape index (κ3) is 5.21. The van der Waals surface area contributed by atoms with E-state index in [-0.39, 0.29) is 11.9 Å². The second-order valence-corrected chi connectivity index (χ2v) is 8.58. The Hall–Kier alpha value is -3.08. The van der Waals surface area contributed by atoms with Gasteiger partial charge in [-0.15, -0.1) is 0 Å². The fourth-order valence-electron chi connectivity index (χ4n) is 3.61. The van der Waals surface area contributed by atoms with Gasteiger partial charge < -0.3 is 5.32 Å². The van der Waals surface area contributed by atoms with E-state index in [1.165, 1.54) is 5.56 Å². The first-order chi connectivity index (χ1) is 15.5. The number of hydrogen-bond acceptors (Lipinski definition) is 2. The number of aromatic nitrogens is 2. The van der Waals surface area contributed by atoms with Gasteiger partial charge in [0.15, 0.2) is 0 Å². The third-order valence-corrected chi connectivity index (χ3v) is 5.76. The molecule has 1 atom stereocenters. The van der Waals surface area contributed by atoms with Crippen LogP contribution < -0.4 is 5.32 Å². The molecule has 6 heteroatoms. The van der Waals surface area contributed by atoms with Crippen molar-refractivity contribution in [2.75, 3.05) is 0 Å². The van der Waals surface area contributed by atoms with Crippen molar-refractivity contribution in [1.29, 1.82) is 0 Å². The SMILES string of the molecule is CC(CCc1ccccc1)NC(=O)c1cnn(-c2cccc(Cl)c2)c1-c1ccc(Cl)cc1. The Labute approximate surface area is 197 Å². The molecule has 1 heterocycles. The molecule has 162 valence electrons. The van der Waals surface area contributed by atoms with Crippen LogP contribution in [0.2, 0.25) is 10.0 Å². The lowest BCUT2D eigenvalue weighted by Gasteiger charge is -2.15. The lowest BCUT2D eigenvalue weighted by atomic mass is 10.0. The highest BCUT2D eigenvalue weighted by Crippen LogP contribution is 2.29. The first-order valence-corrected chi connectivity index (χ1v) is 11.2. The maximum absolute atomic E-state index is 13.2. The number of benzene rings is 3. The zero-order valence-corrected chi connectivity index (χ0v) is 19.1. The van der Waals surface area contributed by atoms with Crippen molar-refractivity contribution in [3.63, 3.8) is 0 Å². The minimum atomic E-state index is -0.163. The van der Waals surface area contributed by atoms with Crippen molar-refractivity contribution < 1.29 is 4.79 Å². The van der Waals surface area contributed by atoms with Gasteiger partial charge in [-0.3, -0.25) is 4.79 Å². The van der Waals surface area contributed by atoms with Crippen LogP contribution in [0, 0.1) is 0 Å². The second-order valence-electron chi connectivity index (χ2n) is 7.70. The summed E-state index contributed by atoms with van der Waals surface area (Å²) in [4.78, 5) is 13.2. The van der Waals surface area contributed by atoms with Crippen molar-refractivity contribution in [3.8, 4) is 16.9 Å². The van der Waals surface area contributed by atoms with E-state index in [0.717, 1.165) is 24.1 Å². The molecule has 0 saturated heterocycles. The monoisotopic (exact) mass is 463 g/mol. The van der Waals surface area contributed by atoms with Crippen molar-refractivity contribution in [3.05, 3.63) is 106 Å². The van der Waals surface area contributed by atoms with Gasteiger partial charge in [-0.1, -0.05) is 71.7 Å². The van der Waals surface area contributed by atoms with Crippen LogP contribution in [0.25, 0.3) is 16.9 Å². The molecule has 32 heavy (non-hydrogen) atoms. The molecule has 1 unspecified atom stereocenters. The number of rotatable bonds is 7. The Morgan fingerprint density at radius 1 is 0.969 bits per heavy atom. The summed E-state index contributed by atoms with van der Waals surface area (Å²) in [6.07, 6.45) is 3.34. The predicted octanol–water partition coefficient (Wildman–Crippen LogP) is 6.60. The largest absolute Gasteiger partial charge is 0.349 e. The lowest BCUT2D eigenvalue weighted by molar-refractivity contribution is 0.0939. The summed E-state index contributed by atoms with van der Waals surface area (Å²) >= 11 is 12.3. The van der Waals surface area contributed by atoms with Crippen LogP contribution in [0.3, 0.4) is 0 Å². The first kappa shape index (κ1) is 22.1. The Kier molecular flexibility index (Phi) is 6.93. The molecule has 0 aliphatic rings. The minimum absolute atomic E-state index is 0.00953. The van der Waals surface area contributed by atoms with E-state index in [2.05, 4.69) is 22.5 Å². The van der Waals surface area contributed by atoms with Crippen molar-refractivity contribution in [1.82, 2.24) is 15.1 Å². The normalized spacial score (nSPS) is 11.8. The average molecular weight is 464 g/mol. The maximum atomic E-state index is 13.2. The highest BCUT2D eigenvalue weighted by Gasteiger charge is 2.21. The van der Waals surface area contributed by atoms with E-state index in [9.17, 15) is 4.79 Å². The van der Waals surface area contributed by atoms with Gasteiger partial charge in [0.1, 0.15) is 0 Å². The van der Waals surface area contributed by atoms with Crippen molar-refractivity contribution in [2.24, 2.45) is 0 Å². The van der Waals surface area contributed by atoms with Gasteiger partial charge in [-0.25, -0.2) is 4.68 Å². The number of halogens is 2. The summed E-state index contributed by atoms with van der Waals surface area (Å²) in [7, 11) is 0. The predicted molar refractivity (Wildman–Crippen MR) is 131 cm³/mol. The molecular formula is C26H23Cl2N3O. The second kappa shape index (κ2) is 10.0. The minimum Gasteiger partial charge on any atom is -0.349 e. The lowest BCUT2D eigenvalue weighted by Crippen LogP contribution is -2.33. The van der Waals surface area contributed by atoms with Gasteiger partial charge in [0.25, 0.3) is 5.91 Å². The molecule has 1 N–H and O–H groups in total. The number of carbonyl (C=O) groups is 1. The molecule has 0 spiro atoms. The van der Waals surface area contributed by atoms with Crippen LogP contribution in [-0.4, -0.2) is 21.7 Å². The summed E-state index contributed by atoms with van der Waals surface area (Å²) in [6.45, 7) is 2.02. The van der Waals surface area contributed by atoms with Gasteiger partial charge >= 0.3 is 0 Å². The molecule has 4 nitrogen and oxygen atoms in total. The first-order valence-electron chi connectivity index (χ1n) is 10.5. The van der Waals surface area contributed by atoms with Gasteiger partial charge in [0.2, 0.25) is 0 Å². The van der Waals surface area contributed by atoms with E-state index >= 15 is 0 Å². The van der Waals surface area contributed by atoms with Gasteiger partial charge in [0, 0.05) is 21.7 Å². The van der Waals surface area contributed by atoms with Crippen LogP contribution in [-0.2, 0) is 6.42 Å². The smallest absolute Gasteiger partial charge is 0.255 e. The van der Waals surface area contributed by atoms with Crippen molar-refractivity contribution >= 4 is 29.1 Å². The molecule has 0 saturated carbocycles. The third-order valence-electron chi connectivity index (χ3n) is 5.27. The molecule has 4 rings (SSSR count). The standard InChI is InChI=1S/C26H23Cl2N3O/c1-18(10-11-19-6-3-2-4-7-19)30-26(32)24-17-29-31(23-9-5-8-22(28)16-23)25(24)20-12-14-21(27)15-13-20/h2-9,12-18H,10-11H2,1H3,(H,30,32). The number of carbonyl (C=O) groups excluding carboxylic acids is 1. The molecule has 0 radical (unpaired) electrons. The molecule has 0 aliphatic heterocycles. The maximum Gasteiger partial charge on any atom is 0.255 e. The number of amides is 1. The van der Waals surface area contributed by atoms with Gasteiger partial charge in [-0.2, -0.15) is 5.10 Å². The van der Waals surface area contributed by atoms with Crippen LogP contribution in [0.1, 0.15) is 29.3 Å². The highest BCUT2D eigenvalue weighted by molar-refractivity contribution is 6.31. The highest BCUT2D eigenvalue weighted by atomic mass is 35.5. The van der Waals surface area contributed by atoms with Crippen molar-refractivity contribution in [2.45, 2.75) is 25.8 Å². The molecule has 0 bridgehead atoms. The quantitative estimate of drug-likeness (QED) is 0.335. The zero-order chi connectivity index (χ0) is 22.5. The Morgan fingerprint density at radius 2 is 1.72 bits per heavy atom. The van der Waals surface area contributed by atoms with Crippen LogP contribution in [0.15, 0.2) is 85.1 Å². The summed E-state index contributed by atoms with van der Waals surface area (Å²) < 4.78 is 1.73. The summed E-state index contributed by atoms with van der Waals surface area (Å²) in [5.74, 6) is -0.163. The Balaban J connectivity index is 1.61. The van der Waals surface area contributed by atoms with E-state index in [1.54, 1.807) is 29.1 Å². The molecule has 4 aromatic rings. The van der Waals surface area contributed by atoms with E-state index in [0.29, 0.717) is 21.3 Å². The fourth-order valence-corrected chi connectivity index (χ4v) is 3.92. The number of nitrogens with one attached hydrogen (secondary N) is 1. The van der Waals surface area contributed by atoms with Gasteiger partial charge in [0.05, 0.1) is 23.1 Å². The van der Waals surface area contributed by atoms with Gasteiger partial charge in [-0.05, 0) is 55.7 Å². The Bertz CT molecular complexity index is 1200. The number of hydrogen-bond donors (Lipinski definition) is 1. The number of aryl methyl sites for hydroxylation is 1. The molecule has 1 aromatic heterocycles. The van der Waals surface area contributed by atoms with E-state index in [1.807, 2.05) is 55.5 Å². The van der Waals surface area contributed by atoms with Crippen LogP contribution in [0.5, 0.6) is 0 Å². The topological polar surface area (TPSA) is 46.9 Å². The zero-order valence-electron chi connectivity index (χ0n) is 17.6. The van der Waals surface area contributed by atoms with E-state index < -0.39 is 0 Å². The average Bonchev–Trinajstić information content (AvgIpc) is 3.24. The fraction of sp³-hybridized carbons (Fsp3) is 0.154. The molecule has 0 fully saturated rings. The summed E-state index contributed by atoms with van der Waals surface area (Å²) in [5.41, 5.74) is 4.06. The van der Waals surface area contributed by atoms with E-state index in [4.69, 9.17) is 23.2 Å². The molecule has 0 aliphatic carbocycles. The number of nitrogens with zero attached hydrogens (tertiary/aromatic N) is 2. The van der Waals surface area contributed by atoms with Crippen LogP contribution in [0.4, 0.5) is 0 Å².